The summed E-state index contributed by atoms with van der Waals surface area (Å²) in [6.07, 6.45) is 5.09. The van der Waals surface area contributed by atoms with Crippen molar-refractivity contribution in [3.05, 3.63) is 45.2 Å². The number of hydrogen-bond donors (Lipinski definition) is 1. The molecule has 1 aromatic heterocycles. The third-order valence-corrected chi connectivity index (χ3v) is 5.20. The summed E-state index contributed by atoms with van der Waals surface area (Å²) in [6.45, 7) is 1.64. The first kappa shape index (κ1) is 19.5. The zero-order valence-corrected chi connectivity index (χ0v) is 16.2. The Morgan fingerprint density at radius 1 is 1.29 bits per heavy atom. The Kier molecular flexibility index (Phi) is 5.69. The third-order valence-electron chi connectivity index (χ3n) is 5.20. The second kappa shape index (κ2) is 8.17. The van der Waals surface area contributed by atoms with E-state index in [2.05, 4.69) is 4.99 Å². The molecule has 0 saturated heterocycles. The van der Waals surface area contributed by atoms with Crippen LogP contribution in [0.2, 0.25) is 0 Å². The molecule has 0 atom stereocenters. The molecule has 0 aliphatic heterocycles. The SMILES string of the molecule is COc1ccc(N=Cc2c(C)c(C#N)c(=O)n(C3CCCC3)c2O)c(OC)c1. The number of methoxy groups -OCH3 is 2. The van der Waals surface area contributed by atoms with Crippen LogP contribution in [0.1, 0.15) is 48.4 Å². The van der Waals surface area contributed by atoms with Gasteiger partial charge in [-0.2, -0.15) is 5.26 Å². The van der Waals surface area contributed by atoms with Crippen LogP contribution in [0.15, 0.2) is 28.0 Å². The summed E-state index contributed by atoms with van der Waals surface area (Å²) in [5, 5.41) is 20.3. The molecule has 0 amide bonds. The van der Waals surface area contributed by atoms with E-state index in [1.165, 1.54) is 17.9 Å². The van der Waals surface area contributed by atoms with E-state index >= 15 is 0 Å². The molecule has 1 aromatic carbocycles. The van der Waals surface area contributed by atoms with Gasteiger partial charge in [0.05, 0.1) is 19.8 Å². The molecule has 1 saturated carbocycles. The van der Waals surface area contributed by atoms with E-state index in [9.17, 15) is 15.2 Å². The molecule has 1 fully saturated rings. The predicted molar refractivity (Wildman–Crippen MR) is 106 cm³/mol. The van der Waals surface area contributed by atoms with E-state index in [-0.39, 0.29) is 17.5 Å². The first-order valence-corrected chi connectivity index (χ1v) is 9.16. The lowest BCUT2D eigenvalue weighted by atomic mass is 10.0. The van der Waals surface area contributed by atoms with Crippen LogP contribution in [-0.4, -0.2) is 30.1 Å². The molecule has 1 heterocycles. The van der Waals surface area contributed by atoms with Crippen molar-refractivity contribution in [1.29, 1.82) is 5.26 Å². The van der Waals surface area contributed by atoms with E-state index in [1.54, 1.807) is 32.2 Å². The van der Waals surface area contributed by atoms with Crippen molar-refractivity contribution < 1.29 is 14.6 Å². The van der Waals surface area contributed by atoms with Gasteiger partial charge in [-0.1, -0.05) is 12.8 Å². The lowest BCUT2D eigenvalue weighted by Crippen LogP contribution is -2.28. The van der Waals surface area contributed by atoms with Gasteiger partial charge in [-0.05, 0) is 37.5 Å². The van der Waals surface area contributed by atoms with Crippen LogP contribution in [0.4, 0.5) is 5.69 Å². The zero-order chi connectivity index (χ0) is 20.3. The maximum atomic E-state index is 12.7. The molecule has 0 bridgehead atoms. The molecule has 1 aliphatic carbocycles. The second-order valence-corrected chi connectivity index (χ2v) is 6.76. The summed E-state index contributed by atoms with van der Waals surface area (Å²) >= 11 is 0. The van der Waals surface area contributed by atoms with Crippen molar-refractivity contribution in [3.8, 4) is 23.4 Å². The van der Waals surface area contributed by atoms with Crippen molar-refractivity contribution in [3.63, 3.8) is 0 Å². The van der Waals surface area contributed by atoms with Crippen LogP contribution in [0.5, 0.6) is 17.4 Å². The monoisotopic (exact) mass is 381 g/mol. The average molecular weight is 381 g/mol. The summed E-state index contributed by atoms with van der Waals surface area (Å²) in [6, 6.07) is 7.08. The van der Waals surface area contributed by atoms with E-state index in [1.807, 2.05) is 6.07 Å². The highest BCUT2D eigenvalue weighted by Crippen LogP contribution is 2.34. The Bertz CT molecular complexity index is 1010. The fourth-order valence-electron chi connectivity index (χ4n) is 3.62. The van der Waals surface area contributed by atoms with E-state index in [0.717, 1.165) is 25.7 Å². The number of ether oxygens (including phenoxy) is 2. The normalized spacial score (nSPS) is 14.4. The van der Waals surface area contributed by atoms with Gasteiger partial charge in [0.15, 0.2) is 0 Å². The minimum Gasteiger partial charge on any atom is -0.497 e. The summed E-state index contributed by atoms with van der Waals surface area (Å²) in [5.74, 6) is 0.998. The molecule has 7 nitrogen and oxygen atoms in total. The number of aliphatic imine (C=N–C) groups is 1. The highest BCUT2D eigenvalue weighted by molar-refractivity contribution is 5.88. The van der Waals surface area contributed by atoms with Crippen molar-refractivity contribution >= 4 is 11.9 Å². The number of aromatic nitrogens is 1. The van der Waals surface area contributed by atoms with Gasteiger partial charge < -0.3 is 14.6 Å². The molecule has 1 N–H and O–H groups in total. The van der Waals surface area contributed by atoms with Crippen molar-refractivity contribution in [1.82, 2.24) is 4.57 Å². The van der Waals surface area contributed by atoms with Gasteiger partial charge in [0.2, 0.25) is 5.88 Å². The molecule has 2 aromatic rings. The molecular weight excluding hydrogens is 358 g/mol. The van der Waals surface area contributed by atoms with Crippen LogP contribution < -0.4 is 15.0 Å². The smallest absolute Gasteiger partial charge is 0.271 e. The van der Waals surface area contributed by atoms with Crippen LogP contribution in [-0.2, 0) is 0 Å². The van der Waals surface area contributed by atoms with Crippen LogP contribution in [0.3, 0.4) is 0 Å². The van der Waals surface area contributed by atoms with E-state index in [0.29, 0.717) is 28.3 Å². The molecule has 7 heteroatoms. The molecular formula is C21H23N3O4. The number of aromatic hydroxyl groups is 1. The van der Waals surface area contributed by atoms with Crippen molar-refractivity contribution in [2.45, 2.75) is 38.6 Å². The van der Waals surface area contributed by atoms with Crippen molar-refractivity contribution in [2.24, 2.45) is 4.99 Å². The minimum absolute atomic E-state index is 0.0350. The van der Waals surface area contributed by atoms with Crippen LogP contribution in [0, 0.1) is 18.3 Å². The first-order chi connectivity index (χ1) is 13.5. The molecule has 146 valence electrons. The quantitative estimate of drug-likeness (QED) is 0.798. The molecule has 1 aliphatic rings. The lowest BCUT2D eigenvalue weighted by molar-refractivity contribution is 0.368. The van der Waals surface area contributed by atoms with Crippen molar-refractivity contribution in [2.75, 3.05) is 14.2 Å². The van der Waals surface area contributed by atoms with Gasteiger partial charge >= 0.3 is 0 Å². The van der Waals surface area contributed by atoms with Gasteiger partial charge in [0.25, 0.3) is 5.56 Å². The van der Waals surface area contributed by atoms with E-state index < -0.39 is 5.56 Å². The Morgan fingerprint density at radius 3 is 2.61 bits per heavy atom. The summed E-state index contributed by atoms with van der Waals surface area (Å²) < 4.78 is 11.9. The molecule has 0 unspecified atom stereocenters. The van der Waals surface area contributed by atoms with Crippen LogP contribution in [0.25, 0.3) is 0 Å². The van der Waals surface area contributed by atoms with Gasteiger partial charge in [-0.25, -0.2) is 0 Å². The first-order valence-electron chi connectivity index (χ1n) is 9.16. The van der Waals surface area contributed by atoms with E-state index in [4.69, 9.17) is 9.47 Å². The fraction of sp³-hybridized carbons (Fsp3) is 0.381. The van der Waals surface area contributed by atoms with Gasteiger partial charge in [-0.3, -0.25) is 14.4 Å². The number of benzene rings is 1. The minimum atomic E-state index is -0.441. The third kappa shape index (κ3) is 3.46. The standard InChI is InChI=1S/C21H23N3O4/c1-13-16(11-22)20(25)24(14-6-4-5-7-14)21(26)17(13)12-23-18-9-8-15(27-2)10-19(18)28-3/h8-10,12,14,26H,4-7H2,1-3H3. The summed E-state index contributed by atoms with van der Waals surface area (Å²) in [7, 11) is 3.10. The zero-order valence-electron chi connectivity index (χ0n) is 16.2. The van der Waals surface area contributed by atoms with Gasteiger partial charge in [0, 0.05) is 18.3 Å². The van der Waals surface area contributed by atoms with Gasteiger partial charge in [-0.15, -0.1) is 0 Å². The maximum absolute atomic E-state index is 12.7. The highest BCUT2D eigenvalue weighted by Gasteiger charge is 2.25. The van der Waals surface area contributed by atoms with Crippen LogP contribution >= 0.6 is 0 Å². The lowest BCUT2D eigenvalue weighted by Gasteiger charge is -2.19. The largest absolute Gasteiger partial charge is 0.497 e. The Morgan fingerprint density at radius 2 is 2.00 bits per heavy atom. The summed E-state index contributed by atoms with van der Waals surface area (Å²) in [4.78, 5) is 17.2. The number of hydrogen-bond acceptors (Lipinski definition) is 6. The topological polar surface area (TPSA) is 96.8 Å². The predicted octanol–water partition coefficient (Wildman–Crippen LogP) is 3.62. The fourth-order valence-corrected chi connectivity index (χ4v) is 3.62. The number of nitrogens with zero attached hydrogens (tertiary/aromatic N) is 3. The Balaban J connectivity index is 2.12. The highest BCUT2D eigenvalue weighted by atomic mass is 16.5. The van der Waals surface area contributed by atoms with Gasteiger partial charge in [0.1, 0.15) is 28.8 Å². The molecule has 0 spiro atoms. The molecule has 0 radical (unpaired) electrons. The number of nitriles is 1. The second-order valence-electron chi connectivity index (χ2n) is 6.76. The number of pyridine rings is 1. The maximum Gasteiger partial charge on any atom is 0.271 e. The molecule has 3 rings (SSSR count). The Labute approximate surface area is 163 Å². The average Bonchev–Trinajstić information content (AvgIpc) is 3.22. The molecule has 28 heavy (non-hydrogen) atoms. The summed E-state index contributed by atoms with van der Waals surface area (Å²) in [5.41, 5.74) is 0.909. The number of rotatable bonds is 5. The Hall–Kier alpha value is -3.27.